The second-order valence-electron chi connectivity index (χ2n) is 1.68. The van der Waals surface area contributed by atoms with Gasteiger partial charge in [-0.25, -0.2) is 0 Å². The van der Waals surface area contributed by atoms with E-state index >= 15 is 0 Å². The van der Waals surface area contributed by atoms with Crippen molar-refractivity contribution in [1.82, 2.24) is 0 Å². The van der Waals surface area contributed by atoms with Gasteiger partial charge in [0.15, 0.2) is 0 Å². The molecular formula is C7H9ClO. The molecule has 0 fully saturated rings. The number of hydrogen-bond acceptors (Lipinski definition) is 1. The zero-order valence-corrected chi connectivity index (χ0v) is 5.95. The van der Waals surface area contributed by atoms with Gasteiger partial charge in [0, 0.05) is 18.2 Å². The SMILES string of the molecule is O=CCCCCC#CCl. The molecule has 0 atom stereocenters. The monoisotopic (exact) mass is 144 g/mol. The fourth-order valence-electron chi connectivity index (χ4n) is 0.488. The molecule has 0 aromatic heterocycles. The largest absolute Gasteiger partial charge is 0.303 e. The van der Waals surface area contributed by atoms with Gasteiger partial charge in [0.2, 0.25) is 0 Å². The Kier molecular flexibility index (Phi) is 7.12. The van der Waals surface area contributed by atoms with Crippen molar-refractivity contribution in [3.8, 4) is 11.3 Å². The van der Waals surface area contributed by atoms with Crippen LogP contribution in [-0.4, -0.2) is 6.29 Å². The third-order valence-electron chi connectivity index (χ3n) is 0.941. The molecule has 2 heteroatoms. The first kappa shape index (κ1) is 8.52. The van der Waals surface area contributed by atoms with Crippen LogP contribution in [0.3, 0.4) is 0 Å². The van der Waals surface area contributed by atoms with Crippen molar-refractivity contribution in [2.45, 2.75) is 25.7 Å². The zero-order chi connectivity index (χ0) is 6.95. The molecule has 0 N–H and O–H groups in total. The lowest BCUT2D eigenvalue weighted by molar-refractivity contribution is -0.107. The van der Waals surface area contributed by atoms with Crippen LogP contribution in [0.1, 0.15) is 25.7 Å². The molecule has 1 nitrogen and oxygen atoms in total. The van der Waals surface area contributed by atoms with Crippen LogP contribution in [0.2, 0.25) is 0 Å². The average Bonchev–Trinajstić information content (AvgIpc) is 1.89. The highest BCUT2D eigenvalue weighted by Gasteiger charge is 1.82. The number of hydrogen-bond donors (Lipinski definition) is 0. The molecule has 50 valence electrons. The third kappa shape index (κ3) is 7.52. The summed E-state index contributed by atoms with van der Waals surface area (Å²) in [5.74, 6) is 2.71. The quantitative estimate of drug-likeness (QED) is 0.335. The van der Waals surface area contributed by atoms with Crippen LogP contribution < -0.4 is 0 Å². The van der Waals surface area contributed by atoms with Crippen molar-refractivity contribution in [2.75, 3.05) is 0 Å². The molecule has 0 saturated carbocycles. The van der Waals surface area contributed by atoms with Crippen molar-refractivity contribution < 1.29 is 4.79 Å². The maximum Gasteiger partial charge on any atom is 0.119 e. The Morgan fingerprint density at radius 1 is 1.44 bits per heavy atom. The second-order valence-corrected chi connectivity index (χ2v) is 1.87. The minimum Gasteiger partial charge on any atom is -0.303 e. The van der Waals surface area contributed by atoms with Crippen molar-refractivity contribution in [1.29, 1.82) is 0 Å². The molecule has 0 aliphatic carbocycles. The maximum atomic E-state index is 9.78. The van der Waals surface area contributed by atoms with Gasteiger partial charge in [0.1, 0.15) is 6.29 Å². The Morgan fingerprint density at radius 3 is 2.78 bits per heavy atom. The molecule has 0 aliphatic rings. The van der Waals surface area contributed by atoms with Gasteiger partial charge in [-0.05, 0) is 24.4 Å². The summed E-state index contributed by atoms with van der Waals surface area (Å²) >= 11 is 5.08. The van der Waals surface area contributed by atoms with E-state index in [0.717, 1.165) is 25.5 Å². The van der Waals surface area contributed by atoms with E-state index in [0.29, 0.717) is 6.42 Å². The van der Waals surface area contributed by atoms with Crippen LogP contribution in [0.25, 0.3) is 0 Å². The summed E-state index contributed by atoms with van der Waals surface area (Å²) in [7, 11) is 0. The first-order valence-corrected chi connectivity index (χ1v) is 3.31. The number of carbonyl (C=O) groups is 1. The van der Waals surface area contributed by atoms with E-state index in [1.54, 1.807) is 0 Å². The second kappa shape index (κ2) is 7.52. The summed E-state index contributed by atoms with van der Waals surface area (Å²) in [4.78, 5) is 9.78. The normalized spacial score (nSPS) is 7.67. The summed E-state index contributed by atoms with van der Waals surface area (Å²) < 4.78 is 0. The van der Waals surface area contributed by atoms with Gasteiger partial charge in [-0.1, -0.05) is 5.92 Å². The van der Waals surface area contributed by atoms with Gasteiger partial charge in [-0.15, -0.1) is 0 Å². The number of unbranched alkanes of at least 4 members (excludes halogenated alkanes) is 3. The lowest BCUT2D eigenvalue weighted by Gasteiger charge is -1.86. The van der Waals surface area contributed by atoms with Crippen LogP contribution in [0, 0.1) is 11.3 Å². The van der Waals surface area contributed by atoms with Crippen molar-refractivity contribution in [2.24, 2.45) is 0 Å². The van der Waals surface area contributed by atoms with Gasteiger partial charge in [-0.3, -0.25) is 0 Å². The molecule has 0 amide bonds. The Balaban J connectivity index is 2.88. The summed E-state index contributed by atoms with van der Waals surface area (Å²) in [6.07, 6.45) is 4.27. The van der Waals surface area contributed by atoms with Crippen LogP contribution in [0.15, 0.2) is 0 Å². The highest BCUT2D eigenvalue weighted by molar-refractivity contribution is 6.30. The van der Waals surface area contributed by atoms with Gasteiger partial charge in [-0.2, -0.15) is 0 Å². The molecule has 0 bridgehead atoms. The van der Waals surface area contributed by atoms with E-state index in [2.05, 4.69) is 11.3 Å². The van der Waals surface area contributed by atoms with Crippen molar-refractivity contribution in [3.63, 3.8) is 0 Å². The predicted octanol–water partition coefficient (Wildman–Crippen LogP) is 1.95. The zero-order valence-electron chi connectivity index (χ0n) is 5.19. The first-order valence-electron chi connectivity index (χ1n) is 2.94. The van der Waals surface area contributed by atoms with E-state index in [-0.39, 0.29) is 0 Å². The topological polar surface area (TPSA) is 17.1 Å². The van der Waals surface area contributed by atoms with Crippen LogP contribution in [0.4, 0.5) is 0 Å². The standard InChI is InChI=1S/C7H9ClO/c8-6-4-2-1-3-5-7-9/h7H,1-3,5H2. The molecule has 0 aliphatic heterocycles. The molecule has 0 rings (SSSR count). The lowest BCUT2D eigenvalue weighted by Crippen LogP contribution is -1.75. The van der Waals surface area contributed by atoms with Crippen LogP contribution >= 0.6 is 11.6 Å². The van der Waals surface area contributed by atoms with E-state index in [9.17, 15) is 4.79 Å². The highest BCUT2D eigenvalue weighted by atomic mass is 35.5. The average molecular weight is 145 g/mol. The summed E-state index contributed by atoms with van der Waals surface area (Å²) in [5, 5.41) is 2.28. The number of rotatable bonds is 4. The minimum atomic E-state index is 0.643. The fraction of sp³-hybridized carbons (Fsp3) is 0.571. The summed E-state index contributed by atoms with van der Waals surface area (Å²) in [6.45, 7) is 0. The smallest absolute Gasteiger partial charge is 0.119 e. The Hall–Kier alpha value is -0.480. The van der Waals surface area contributed by atoms with E-state index in [4.69, 9.17) is 11.6 Å². The minimum absolute atomic E-state index is 0.643. The van der Waals surface area contributed by atoms with Gasteiger partial charge >= 0.3 is 0 Å². The van der Waals surface area contributed by atoms with E-state index in [1.165, 1.54) is 0 Å². The Morgan fingerprint density at radius 2 is 2.22 bits per heavy atom. The molecule has 0 saturated heterocycles. The molecule has 0 radical (unpaired) electrons. The van der Waals surface area contributed by atoms with Crippen LogP contribution in [-0.2, 0) is 4.79 Å². The lowest BCUT2D eigenvalue weighted by atomic mass is 10.2. The third-order valence-corrected chi connectivity index (χ3v) is 1.07. The fourth-order valence-corrected chi connectivity index (χ4v) is 0.583. The van der Waals surface area contributed by atoms with Crippen molar-refractivity contribution >= 4 is 17.9 Å². The first-order chi connectivity index (χ1) is 4.41. The molecule has 0 spiro atoms. The molecule has 0 heterocycles. The predicted molar refractivity (Wildman–Crippen MR) is 38.2 cm³/mol. The molecule has 0 unspecified atom stereocenters. The Bertz CT molecular complexity index is 121. The number of aldehydes is 1. The summed E-state index contributed by atoms with van der Waals surface area (Å²) in [5.41, 5.74) is 0. The Labute approximate surface area is 60.4 Å². The van der Waals surface area contributed by atoms with Gasteiger partial charge < -0.3 is 4.79 Å². The van der Waals surface area contributed by atoms with E-state index in [1.807, 2.05) is 0 Å². The number of carbonyl (C=O) groups excluding carboxylic acids is 1. The maximum absolute atomic E-state index is 9.78. The molecule has 9 heavy (non-hydrogen) atoms. The van der Waals surface area contributed by atoms with E-state index < -0.39 is 0 Å². The summed E-state index contributed by atoms with van der Waals surface area (Å²) in [6, 6.07) is 0. The van der Waals surface area contributed by atoms with Gasteiger partial charge in [0.25, 0.3) is 0 Å². The number of halogens is 1. The molecule has 0 aromatic rings. The molecule has 0 aromatic carbocycles. The highest BCUT2D eigenvalue weighted by Crippen LogP contribution is 1.95. The van der Waals surface area contributed by atoms with Crippen molar-refractivity contribution in [3.05, 3.63) is 0 Å². The molecular weight excluding hydrogens is 136 g/mol. The van der Waals surface area contributed by atoms with Crippen LogP contribution in [0.5, 0.6) is 0 Å². The van der Waals surface area contributed by atoms with Gasteiger partial charge in [0.05, 0.1) is 0 Å².